The van der Waals surface area contributed by atoms with E-state index in [-0.39, 0.29) is 42.5 Å². The number of carbonyl (C=O) groups excluding carboxylic acids is 2. The van der Waals surface area contributed by atoms with Crippen LogP contribution >= 0.6 is 12.4 Å². The van der Waals surface area contributed by atoms with Gasteiger partial charge in [0.25, 0.3) is 0 Å². The van der Waals surface area contributed by atoms with Gasteiger partial charge < -0.3 is 21.7 Å². The smallest absolute Gasteiger partial charge is 0.243 e. The number of benzene rings is 2. The molecule has 0 radical (unpaired) electrons. The van der Waals surface area contributed by atoms with Crippen molar-refractivity contribution in [3.05, 3.63) is 71.3 Å². The largest absolute Gasteiger partial charge is 0.384 e. The summed E-state index contributed by atoms with van der Waals surface area (Å²) in [6, 6.07) is 16.3. The molecule has 0 aliphatic carbocycles. The van der Waals surface area contributed by atoms with Crippen molar-refractivity contribution in [2.24, 2.45) is 11.7 Å². The van der Waals surface area contributed by atoms with Gasteiger partial charge in [0.05, 0.1) is 6.54 Å². The SMILES string of the molecule is CC(C)C(NC(=O)CNCc1ccc(C(=N)N)cc1)C(=O)NCc1ccccc1.Cl. The van der Waals surface area contributed by atoms with Crippen LogP contribution in [-0.4, -0.2) is 30.2 Å². The normalized spacial score (nSPS) is 11.3. The Morgan fingerprint density at radius 1 is 0.967 bits per heavy atom. The van der Waals surface area contributed by atoms with Gasteiger partial charge in [0.15, 0.2) is 0 Å². The minimum atomic E-state index is -0.595. The monoisotopic (exact) mass is 431 g/mol. The van der Waals surface area contributed by atoms with Crippen LogP contribution in [0.4, 0.5) is 0 Å². The standard InChI is InChI=1S/C22H29N5O2.ClH/c1-15(2)20(22(29)26-13-16-6-4-3-5-7-16)27-19(28)14-25-12-17-8-10-18(11-9-17)21(23)24;/h3-11,15,20,25H,12-14H2,1-2H3,(H3,23,24)(H,26,29)(H,27,28);1H. The van der Waals surface area contributed by atoms with Crippen LogP contribution in [0.15, 0.2) is 54.6 Å². The van der Waals surface area contributed by atoms with E-state index in [9.17, 15) is 9.59 Å². The Kier molecular flexibility index (Phi) is 10.6. The van der Waals surface area contributed by atoms with E-state index in [1.165, 1.54) is 0 Å². The van der Waals surface area contributed by atoms with Crippen LogP contribution in [-0.2, 0) is 22.7 Å². The van der Waals surface area contributed by atoms with E-state index < -0.39 is 6.04 Å². The van der Waals surface area contributed by atoms with Gasteiger partial charge >= 0.3 is 0 Å². The van der Waals surface area contributed by atoms with Crippen molar-refractivity contribution in [2.75, 3.05) is 6.54 Å². The highest BCUT2D eigenvalue weighted by Crippen LogP contribution is 2.05. The summed E-state index contributed by atoms with van der Waals surface area (Å²) in [5.41, 5.74) is 8.08. The molecule has 6 N–H and O–H groups in total. The Balaban J connectivity index is 0.00000450. The van der Waals surface area contributed by atoms with E-state index in [4.69, 9.17) is 11.1 Å². The number of hydrogen-bond acceptors (Lipinski definition) is 4. The average molecular weight is 432 g/mol. The van der Waals surface area contributed by atoms with Crippen molar-refractivity contribution in [1.82, 2.24) is 16.0 Å². The Morgan fingerprint density at radius 3 is 2.13 bits per heavy atom. The first-order valence-electron chi connectivity index (χ1n) is 9.62. The summed E-state index contributed by atoms with van der Waals surface area (Å²) in [7, 11) is 0. The van der Waals surface area contributed by atoms with E-state index in [0.717, 1.165) is 11.1 Å². The molecule has 2 aromatic carbocycles. The van der Waals surface area contributed by atoms with Crippen LogP contribution in [0.1, 0.15) is 30.5 Å². The second-order valence-electron chi connectivity index (χ2n) is 7.21. The number of hydrogen-bond donors (Lipinski definition) is 5. The fourth-order valence-corrected chi connectivity index (χ4v) is 2.78. The average Bonchev–Trinajstić information content (AvgIpc) is 2.71. The van der Waals surface area contributed by atoms with Crippen LogP contribution in [0.5, 0.6) is 0 Å². The van der Waals surface area contributed by atoms with Gasteiger partial charge in [0, 0.05) is 18.7 Å². The number of amidine groups is 1. The van der Waals surface area contributed by atoms with Crippen molar-refractivity contribution in [3.8, 4) is 0 Å². The molecule has 0 saturated heterocycles. The third-order valence-corrected chi connectivity index (χ3v) is 4.45. The summed E-state index contributed by atoms with van der Waals surface area (Å²) >= 11 is 0. The lowest BCUT2D eigenvalue weighted by molar-refractivity contribution is -0.129. The van der Waals surface area contributed by atoms with Gasteiger partial charge in [-0.1, -0.05) is 68.4 Å². The van der Waals surface area contributed by atoms with E-state index in [2.05, 4.69) is 16.0 Å². The first-order valence-corrected chi connectivity index (χ1v) is 9.62. The predicted molar refractivity (Wildman–Crippen MR) is 121 cm³/mol. The van der Waals surface area contributed by atoms with E-state index in [0.29, 0.717) is 18.7 Å². The van der Waals surface area contributed by atoms with E-state index in [1.807, 2.05) is 56.3 Å². The molecule has 0 spiro atoms. The molecule has 1 atom stereocenters. The fraction of sp³-hybridized carbons (Fsp3) is 0.318. The molecule has 2 rings (SSSR count). The summed E-state index contributed by atoms with van der Waals surface area (Å²) in [5, 5.41) is 16.1. The van der Waals surface area contributed by atoms with Gasteiger partial charge in [0.1, 0.15) is 11.9 Å². The molecular weight excluding hydrogens is 402 g/mol. The quantitative estimate of drug-likeness (QED) is 0.291. The molecule has 0 saturated carbocycles. The van der Waals surface area contributed by atoms with Crippen molar-refractivity contribution in [1.29, 1.82) is 5.41 Å². The third kappa shape index (κ3) is 8.23. The molecule has 2 amide bonds. The Hall–Kier alpha value is -2.90. The second-order valence-corrected chi connectivity index (χ2v) is 7.21. The third-order valence-electron chi connectivity index (χ3n) is 4.45. The number of nitrogens with two attached hydrogens (primary N) is 1. The van der Waals surface area contributed by atoms with Gasteiger partial charge in [-0.3, -0.25) is 15.0 Å². The summed E-state index contributed by atoms with van der Waals surface area (Å²) in [6.07, 6.45) is 0. The number of rotatable bonds is 10. The summed E-state index contributed by atoms with van der Waals surface area (Å²) < 4.78 is 0. The molecule has 0 heterocycles. The zero-order chi connectivity index (χ0) is 21.2. The predicted octanol–water partition coefficient (Wildman–Crippen LogP) is 1.94. The first-order chi connectivity index (χ1) is 13.9. The number of halogens is 1. The molecule has 1 unspecified atom stereocenters. The van der Waals surface area contributed by atoms with Crippen LogP contribution in [0.3, 0.4) is 0 Å². The molecule has 7 nitrogen and oxygen atoms in total. The zero-order valence-electron chi connectivity index (χ0n) is 17.3. The van der Waals surface area contributed by atoms with E-state index >= 15 is 0 Å². The lowest BCUT2D eigenvalue weighted by atomic mass is 10.0. The van der Waals surface area contributed by atoms with Gasteiger partial charge in [0.2, 0.25) is 11.8 Å². The maximum absolute atomic E-state index is 12.5. The highest BCUT2D eigenvalue weighted by molar-refractivity contribution is 5.94. The first kappa shape index (κ1) is 25.1. The highest BCUT2D eigenvalue weighted by atomic mass is 35.5. The lowest BCUT2D eigenvalue weighted by Crippen LogP contribution is -2.51. The molecule has 0 fully saturated rings. The zero-order valence-corrected chi connectivity index (χ0v) is 18.1. The van der Waals surface area contributed by atoms with E-state index in [1.54, 1.807) is 12.1 Å². The molecule has 162 valence electrons. The maximum Gasteiger partial charge on any atom is 0.243 e. The van der Waals surface area contributed by atoms with Crippen LogP contribution in [0, 0.1) is 11.3 Å². The van der Waals surface area contributed by atoms with Gasteiger partial charge in [-0.2, -0.15) is 0 Å². The molecule has 2 aromatic rings. The Labute approximate surface area is 183 Å². The topological polar surface area (TPSA) is 120 Å². The molecule has 0 bridgehead atoms. The molecule has 0 aliphatic heterocycles. The molecule has 0 aliphatic rings. The van der Waals surface area contributed by atoms with Crippen molar-refractivity contribution in [2.45, 2.75) is 33.0 Å². The summed E-state index contributed by atoms with van der Waals surface area (Å²) in [5.74, 6) is -0.445. The highest BCUT2D eigenvalue weighted by Gasteiger charge is 2.23. The maximum atomic E-state index is 12.5. The van der Waals surface area contributed by atoms with Crippen molar-refractivity contribution in [3.63, 3.8) is 0 Å². The van der Waals surface area contributed by atoms with Crippen LogP contribution in [0.25, 0.3) is 0 Å². The summed E-state index contributed by atoms with van der Waals surface area (Å²) in [6.45, 7) is 4.82. The van der Waals surface area contributed by atoms with Crippen molar-refractivity contribution >= 4 is 30.1 Å². The van der Waals surface area contributed by atoms with Crippen LogP contribution in [0.2, 0.25) is 0 Å². The van der Waals surface area contributed by atoms with Gasteiger partial charge in [-0.25, -0.2) is 0 Å². The number of nitrogen functional groups attached to an aromatic ring is 1. The molecule has 30 heavy (non-hydrogen) atoms. The molecule has 0 aromatic heterocycles. The van der Waals surface area contributed by atoms with Crippen molar-refractivity contribution < 1.29 is 9.59 Å². The molecular formula is C22H30ClN5O2. The van der Waals surface area contributed by atoms with Gasteiger partial charge in [-0.15, -0.1) is 12.4 Å². The fourth-order valence-electron chi connectivity index (χ4n) is 2.78. The second kappa shape index (κ2) is 12.6. The Morgan fingerprint density at radius 2 is 1.57 bits per heavy atom. The summed E-state index contributed by atoms with van der Waals surface area (Å²) in [4.78, 5) is 24.8. The minimum absolute atomic E-state index is 0. The van der Waals surface area contributed by atoms with Crippen LogP contribution < -0.4 is 21.7 Å². The number of amides is 2. The molecule has 8 heteroatoms. The lowest BCUT2D eigenvalue weighted by Gasteiger charge is -2.22. The minimum Gasteiger partial charge on any atom is -0.384 e. The Bertz CT molecular complexity index is 825. The number of carbonyl (C=O) groups is 2. The van der Waals surface area contributed by atoms with Gasteiger partial charge in [-0.05, 0) is 17.0 Å². The number of nitrogens with one attached hydrogen (secondary N) is 4.